The first-order valence-electron chi connectivity index (χ1n) is 9.22. The maximum absolute atomic E-state index is 12.4. The van der Waals surface area contributed by atoms with Gasteiger partial charge in [0, 0.05) is 43.4 Å². The number of nitrogens with two attached hydrogens (primary N) is 1. The lowest BCUT2D eigenvalue weighted by atomic mass is 9.81. The molecule has 1 aromatic rings. The minimum atomic E-state index is -0.578. The fourth-order valence-corrected chi connectivity index (χ4v) is 3.48. The van der Waals surface area contributed by atoms with Gasteiger partial charge in [0.1, 0.15) is 0 Å². The van der Waals surface area contributed by atoms with Gasteiger partial charge in [-0.1, -0.05) is 31.5 Å². The topological polar surface area (TPSA) is 78.7 Å². The number of halogens is 1. The maximum Gasteiger partial charge on any atom is 0.242 e. The summed E-state index contributed by atoms with van der Waals surface area (Å²) >= 11 is 6.05. The molecule has 2 amide bonds. The zero-order valence-corrected chi connectivity index (χ0v) is 16.4. The van der Waals surface area contributed by atoms with Crippen LogP contribution < -0.4 is 16.0 Å². The lowest BCUT2D eigenvalue weighted by molar-refractivity contribution is -0.136. The Morgan fingerprint density at radius 2 is 1.85 bits per heavy atom. The van der Waals surface area contributed by atoms with Gasteiger partial charge in [0.2, 0.25) is 11.8 Å². The van der Waals surface area contributed by atoms with Crippen LogP contribution in [-0.2, 0) is 9.59 Å². The van der Waals surface area contributed by atoms with Crippen molar-refractivity contribution < 1.29 is 9.59 Å². The number of nitrogens with one attached hydrogen (secondary N) is 1. The molecule has 0 saturated carbocycles. The predicted octanol–water partition coefficient (Wildman–Crippen LogP) is 1.87. The summed E-state index contributed by atoms with van der Waals surface area (Å²) < 4.78 is 0. The monoisotopic (exact) mass is 380 g/mol. The largest absolute Gasteiger partial charge is 0.368 e. The highest BCUT2D eigenvalue weighted by Gasteiger charge is 2.33. The fraction of sp³-hybridized carbons (Fsp3) is 0.579. The first-order chi connectivity index (χ1) is 12.5. The summed E-state index contributed by atoms with van der Waals surface area (Å²) in [4.78, 5) is 28.9. The Kier molecular flexibility index (Phi) is 7.29. The summed E-state index contributed by atoms with van der Waals surface area (Å²) in [5, 5.41) is 3.49. The molecule has 7 heteroatoms. The Bertz CT molecular complexity index is 617. The van der Waals surface area contributed by atoms with E-state index in [2.05, 4.69) is 10.2 Å². The molecular formula is C19H29ClN4O2. The van der Waals surface area contributed by atoms with Crippen LogP contribution >= 0.6 is 11.6 Å². The summed E-state index contributed by atoms with van der Waals surface area (Å²) in [5.41, 5.74) is 6.28. The fourth-order valence-electron chi connectivity index (χ4n) is 3.29. The molecule has 1 heterocycles. The van der Waals surface area contributed by atoms with Crippen LogP contribution in [0.1, 0.15) is 26.7 Å². The SMILES string of the molecule is CCC(CC)(CN)C(=O)NCC(=O)N1CCN(c2cccc(Cl)c2)CC1. The van der Waals surface area contributed by atoms with Crippen LogP contribution in [0.2, 0.25) is 5.02 Å². The van der Waals surface area contributed by atoms with Crippen LogP contribution in [0.4, 0.5) is 5.69 Å². The standard InChI is InChI=1S/C19H29ClN4O2/c1-3-19(4-2,14-21)18(26)22-13-17(25)24-10-8-23(9-11-24)16-7-5-6-15(20)12-16/h5-7,12H,3-4,8-11,13-14,21H2,1-2H3,(H,22,26). The number of anilines is 1. The normalized spacial score (nSPS) is 15.1. The molecule has 3 N–H and O–H groups in total. The van der Waals surface area contributed by atoms with Crippen molar-refractivity contribution in [3.8, 4) is 0 Å². The van der Waals surface area contributed by atoms with Gasteiger partial charge in [0.15, 0.2) is 0 Å². The predicted molar refractivity (Wildman–Crippen MR) is 105 cm³/mol. The smallest absolute Gasteiger partial charge is 0.242 e. The molecule has 0 bridgehead atoms. The number of amides is 2. The molecule has 0 aliphatic carbocycles. The number of carbonyl (C=O) groups excluding carboxylic acids is 2. The molecule has 1 aliphatic heterocycles. The summed E-state index contributed by atoms with van der Waals surface area (Å²) in [6, 6.07) is 7.73. The first kappa shape index (κ1) is 20.5. The van der Waals surface area contributed by atoms with Gasteiger partial charge in [-0.3, -0.25) is 9.59 Å². The lowest BCUT2D eigenvalue weighted by Crippen LogP contribution is -2.53. The Balaban J connectivity index is 1.84. The van der Waals surface area contributed by atoms with Gasteiger partial charge in [-0.05, 0) is 31.0 Å². The highest BCUT2D eigenvalue weighted by molar-refractivity contribution is 6.30. The number of piperazine rings is 1. The van der Waals surface area contributed by atoms with Crippen molar-refractivity contribution in [2.45, 2.75) is 26.7 Å². The van der Waals surface area contributed by atoms with E-state index in [0.29, 0.717) is 37.5 Å². The number of carbonyl (C=O) groups is 2. The molecule has 0 radical (unpaired) electrons. The summed E-state index contributed by atoms with van der Waals surface area (Å²) in [7, 11) is 0. The van der Waals surface area contributed by atoms with Crippen LogP contribution in [0.3, 0.4) is 0 Å². The second kappa shape index (κ2) is 9.24. The third kappa shape index (κ3) is 4.68. The molecule has 1 aliphatic rings. The highest BCUT2D eigenvalue weighted by Crippen LogP contribution is 2.25. The Morgan fingerprint density at radius 3 is 2.38 bits per heavy atom. The van der Waals surface area contributed by atoms with E-state index < -0.39 is 5.41 Å². The van der Waals surface area contributed by atoms with E-state index in [4.69, 9.17) is 17.3 Å². The zero-order valence-electron chi connectivity index (χ0n) is 15.6. The van der Waals surface area contributed by atoms with Gasteiger partial charge in [-0.2, -0.15) is 0 Å². The van der Waals surface area contributed by atoms with Crippen LogP contribution in [-0.4, -0.2) is 56.0 Å². The van der Waals surface area contributed by atoms with Crippen molar-refractivity contribution in [1.29, 1.82) is 0 Å². The summed E-state index contributed by atoms with van der Waals surface area (Å²) in [5.74, 6) is -0.182. The summed E-state index contributed by atoms with van der Waals surface area (Å²) in [6.45, 7) is 6.97. The van der Waals surface area contributed by atoms with Crippen molar-refractivity contribution in [3.05, 3.63) is 29.3 Å². The molecule has 1 saturated heterocycles. The lowest BCUT2D eigenvalue weighted by Gasteiger charge is -2.36. The van der Waals surface area contributed by atoms with Crippen molar-refractivity contribution in [2.75, 3.05) is 44.2 Å². The molecule has 1 aromatic carbocycles. The second-order valence-electron chi connectivity index (χ2n) is 6.72. The van der Waals surface area contributed by atoms with Crippen LogP contribution in [0.25, 0.3) is 0 Å². The van der Waals surface area contributed by atoms with Gasteiger partial charge in [0.05, 0.1) is 12.0 Å². The van der Waals surface area contributed by atoms with E-state index in [1.54, 1.807) is 4.90 Å². The molecule has 6 nitrogen and oxygen atoms in total. The second-order valence-corrected chi connectivity index (χ2v) is 7.16. The average Bonchev–Trinajstić information content (AvgIpc) is 2.68. The Hall–Kier alpha value is -1.79. The maximum atomic E-state index is 12.4. The number of rotatable bonds is 7. The van der Waals surface area contributed by atoms with Gasteiger partial charge in [-0.15, -0.1) is 0 Å². The number of nitrogens with zero attached hydrogens (tertiary/aromatic N) is 2. The third-order valence-corrected chi connectivity index (χ3v) is 5.67. The summed E-state index contributed by atoms with van der Waals surface area (Å²) in [6.07, 6.45) is 1.33. The van der Waals surface area contributed by atoms with E-state index in [1.807, 2.05) is 38.1 Å². The zero-order chi connectivity index (χ0) is 19.2. The van der Waals surface area contributed by atoms with E-state index in [-0.39, 0.29) is 18.4 Å². The van der Waals surface area contributed by atoms with E-state index >= 15 is 0 Å². The number of hydrogen-bond acceptors (Lipinski definition) is 4. The van der Waals surface area contributed by atoms with Crippen LogP contribution in [0.15, 0.2) is 24.3 Å². The van der Waals surface area contributed by atoms with Crippen molar-refractivity contribution in [2.24, 2.45) is 11.1 Å². The van der Waals surface area contributed by atoms with Gasteiger partial charge in [-0.25, -0.2) is 0 Å². The first-order valence-corrected chi connectivity index (χ1v) is 9.60. The third-order valence-electron chi connectivity index (χ3n) is 5.43. The Labute approximate surface area is 160 Å². The van der Waals surface area contributed by atoms with Crippen molar-refractivity contribution in [1.82, 2.24) is 10.2 Å². The van der Waals surface area contributed by atoms with Gasteiger partial charge < -0.3 is 20.9 Å². The number of hydrogen-bond donors (Lipinski definition) is 2. The molecule has 0 spiro atoms. The molecular weight excluding hydrogens is 352 g/mol. The van der Waals surface area contributed by atoms with Crippen LogP contribution in [0, 0.1) is 5.41 Å². The minimum absolute atomic E-state index is 0.0255. The highest BCUT2D eigenvalue weighted by atomic mass is 35.5. The van der Waals surface area contributed by atoms with Gasteiger partial charge in [0.25, 0.3) is 0 Å². The minimum Gasteiger partial charge on any atom is -0.368 e. The van der Waals surface area contributed by atoms with Crippen LogP contribution in [0.5, 0.6) is 0 Å². The molecule has 0 unspecified atom stereocenters. The van der Waals surface area contributed by atoms with E-state index in [9.17, 15) is 9.59 Å². The molecule has 26 heavy (non-hydrogen) atoms. The quantitative estimate of drug-likeness (QED) is 0.756. The molecule has 1 fully saturated rings. The molecule has 2 rings (SSSR count). The van der Waals surface area contributed by atoms with Crippen molar-refractivity contribution >= 4 is 29.1 Å². The van der Waals surface area contributed by atoms with E-state index in [0.717, 1.165) is 18.8 Å². The van der Waals surface area contributed by atoms with E-state index in [1.165, 1.54) is 0 Å². The molecule has 0 aromatic heterocycles. The van der Waals surface area contributed by atoms with Crippen molar-refractivity contribution in [3.63, 3.8) is 0 Å². The number of benzene rings is 1. The Morgan fingerprint density at radius 1 is 1.19 bits per heavy atom. The molecule has 144 valence electrons. The van der Waals surface area contributed by atoms with Gasteiger partial charge >= 0.3 is 0 Å². The molecule has 0 atom stereocenters. The average molecular weight is 381 g/mol.